The average molecular weight is 413 g/mol. The van der Waals surface area contributed by atoms with Crippen LogP contribution in [0.25, 0.3) is 0 Å². The highest BCUT2D eigenvalue weighted by atomic mass is 32.2. The number of halogens is 3. The van der Waals surface area contributed by atoms with E-state index in [0.717, 1.165) is 55.6 Å². The summed E-state index contributed by atoms with van der Waals surface area (Å²) in [6.07, 6.45) is -4.60. The molecule has 2 aromatic carbocycles. The maximum absolute atomic E-state index is 12.9. The van der Waals surface area contributed by atoms with Crippen LogP contribution in [0.4, 0.5) is 24.5 Å². The summed E-state index contributed by atoms with van der Waals surface area (Å²) >= 11 is 0. The molecule has 0 aromatic heterocycles. The van der Waals surface area contributed by atoms with Crippen LogP contribution < -0.4 is 9.62 Å². The van der Waals surface area contributed by atoms with Crippen molar-refractivity contribution >= 4 is 21.4 Å². The number of nitrogens with zero attached hydrogens (tertiary/aromatic N) is 2. The third-order valence-corrected chi connectivity index (χ3v) is 6.14. The van der Waals surface area contributed by atoms with Crippen molar-refractivity contribution in [2.24, 2.45) is 0 Å². The predicted molar refractivity (Wildman–Crippen MR) is 103 cm³/mol. The molecule has 0 aliphatic carbocycles. The Bertz CT molecular complexity index is 953. The Balaban J connectivity index is 1.80. The van der Waals surface area contributed by atoms with E-state index in [1.807, 2.05) is 13.0 Å². The van der Waals surface area contributed by atoms with Gasteiger partial charge in [0, 0.05) is 37.6 Å². The van der Waals surface area contributed by atoms with E-state index in [-0.39, 0.29) is 0 Å². The molecule has 1 aliphatic rings. The van der Waals surface area contributed by atoms with Gasteiger partial charge in [-0.3, -0.25) is 4.72 Å². The molecule has 0 unspecified atom stereocenters. The van der Waals surface area contributed by atoms with Gasteiger partial charge in [-0.1, -0.05) is 6.07 Å². The van der Waals surface area contributed by atoms with Crippen molar-refractivity contribution in [1.82, 2.24) is 4.90 Å². The number of hydrogen-bond acceptors (Lipinski definition) is 4. The molecule has 3 rings (SSSR count). The number of alkyl halides is 3. The molecule has 5 nitrogen and oxygen atoms in total. The summed E-state index contributed by atoms with van der Waals surface area (Å²) in [4.78, 5) is 4.05. The van der Waals surface area contributed by atoms with E-state index in [1.54, 1.807) is 12.1 Å². The number of benzene rings is 2. The first-order chi connectivity index (χ1) is 13.1. The highest BCUT2D eigenvalue weighted by molar-refractivity contribution is 7.92. The monoisotopic (exact) mass is 413 g/mol. The molecule has 152 valence electrons. The van der Waals surface area contributed by atoms with Gasteiger partial charge in [0.2, 0.25) is 0 Å². The van der Waals surface area contributed by atoms with Crippen molar-refractivity contribution in [2.75, 3.05) is 42.8 Å². The number of nitrogens with one attached hydrogen (secondary N) is 1. The third-order valence-electron chi connectivity index (χ3n) is 4.76. The van der Waals surface area contributed by atoms with Gasteiger partial charge in [0.05, 0.1) is 10.5 Å². The Morgan fingerprint density at radius 1 is 1.00 bits per heavy atom. The molecule has 1 fully saturated rings. The molecular weight excluding hydrogens is 391 g/mol. The first-order valence-electron chi connectivity index (χ1n) is 8.80. The van der Waals surface area contributed by atoms with E-state index in [1.165, 1.54) is 0 Å². The van der Waals surface area contributed by atoms with Crippen LogP contribution in [0.3, 0.4) is 0 Å². The Hall–Kier alpha value is -2.26. The van der Waals surface area contributed by atoms with E-state index in [4.69, 9.17) is 0 Å². The number of hydrogen-bond donors (Lipinski definition) is 1. The van der Waals surface area contributed by atoms with Crippen molar-refractivity contribution in [3.63, 3.8) is 0 Å². The lowest BCUT2D eigenvalue weighted by atomic mass is 10.1. The van der Waals surface area contributed by atoms with Gasteiger partial charge < -0.3 is 9.80 Å². The standard InChI is InChI=1S/C19H22F3N3O2S/c1-14-12-16(6-7-18(14)25-10-8-24(2)9-11-25)23-28(26,27)17-5-3-4-15(13-17)19(20,21)22/h3-7,12-13,23H,8-11H2,1-2H3. The van der Waals surface area contributed by atoms with Gasteiger partial charge >= 0.3 is 6.18 Å². The van der Waals surface area contributed by atoms with Gasteiger partial charge in [0.1, 0.15) is 0 Å². The van der Waals surface area contributed by atoms with Crippen LogP contribution in [0, 0.1) is 6.92 Å². The molecule has 0 radical (unpaired) electrons. The highest BCUT2D eigenvalue weighted by Crippen LogP contribution is 2.31. The number of anilines is 2. The molecule has 1 N–H and O–H groups in total. The first kappa shape index (κ1) is 20.5. The van der Waals surface area contributed by atoms with Crippen LogP contribution in [-0.2, 0) is 16.2 Å². The maximum atomic E-state index is 12.9. The van der Waals surface area contributed by atoms with Crippen molar-refractivity contribution in [3.05, 3.63) is 53.6 Å². The molecule has 0 bridgehead atoms. The summed E-state index contributed by atoms with van der Waals surface area (Å²) < 4.78 is 66.0. The number of rotatable bonds is 4. The van der Waals surface area contributed by atoms with Crippen LogP contribution in [0.15, 0.2) is 47.4 Å². The molecule has 1 aliphatic heterocycles. The Morgan fingerprint density at radius 2 is 1.68 bits per heavy atom. The fourth-order valence-electron chi connectivity index (χ4n) is 3.17. The summed E-state index contributed by atoms with van der Waals surface area (Å²) in [5.41, 5.74) is 1.23. The molecule has 0 amide bonds. The SMILES string of the molecule is Cc1cc(NS(=O)(=O)c2cccc(C(F)(F)F)c2)ccc1N1CCN(C)CC1. The smallest absolute Gasteiger partial charge is 0.369 e. The minimum Gasteiger partial charge on any atom is -0.369 e. The molecule has 28 heavy (non-hydrogen) atoms. The summed E-state index contributed by atoms with van der Waals surface area (Å²) in [6, 6.07) is 8.86. The maximum Gasteiger partial charge on any atom is 0.416 e. The minimum absolute atomic E-state index is 0.313. The number of aryl methyl sites for hydroxylation is 1. The second kappa shape index (κ2) is 7.63. The van der Waals surface area contributed by atoms with E-state index in [0.29, 0.717) is 11.8 Å². The molecule has 1 saturated heterocycles. The third kappa shape index (κ3) is 4.59. The lowest BCUT2D eigenvalue weighted by Crippen LogP contribution is -2.44. The average Bonchev–Trinajstić information content (AvgIpc) is 2.62. The van der Waals surface area contributed by atoms with Crippen molar-refractivity contribution in [2.45, 2.75) is 18.0 Å². The molecule has 0 saturated carbocycles. The summed E-state index contributed by atoms with van der Waals surface area (Å²) in [5, 5.41) is 0. The van der Waals surface area contributed by atoms with Gasteiger partial charge in [0.25, 0.3) is 10.0 Å². The second-order valence-electron chi connectivity index (χ2n) is 6.92. The van der Waals surface area contributed by atoms with Crippen molar-refractivity contribution in [3.8, 4) is 0 Å². The summed E-state index contributed by atoms with van der Waals surface area (Å²) in [7, 11) is -2.06. The normalized spacial score (nSPS) is 16.2. The zero-order chi connectivity index (χ0) is 20.5. The minimum atomic E-state index is -4.60. The Labute approximate surface area is 162 Å². The van der Waals surface area contributed by atoms with Crippen LogP contribution in [0.5, 0.6) is 0 Å². The fourth-order valence-corrected chi connectivity index (χ4v) is 4.27. The lowest BCUT2D eigenvalue weighted by Gasteiger charge is -2.35. The predicted octanol–water partition coefficient (Wildman–Crippen LogP) is 3.57. The van der Waals surface area contributed by atoms with Gasteiger partial charge in [-0.2, -0.15) is 13.2 Å². The van der Waals surface area contributed by atoms with Gasteiger partial charge in [-0.05, 0) is 55.9 Å². The fraction of sp³-hybridized carbons (Fsp3) is 0.368. The van der Waals surface area contributed by atoms with Gasteiger partial charge in [0.15, 0.2) is 0 Å². The van der Waals surface area contributed by atoms with Crippen molar-refractivity contribution < 1.29 is 21.6 Å². The second-order valence-corrected chi connectivity index (χ2v) is 8.61. The lowest BCUT2D eigenvalue weighted by molar-refractivity contribution is -0.137. The molecule has 0 spiro atoms. The number of piperazine rings is 1. The van der Waals surface area contributed by atoms with Crippen LogP contribution >= 0.6 is 0 Å². The Morgan fingerprint density at radius 3 is 2.29 bits per heavy atom. The molecular formula is C19H22F3N3O2S. The molecule has 0 atom stereocenters. The van der Waals surface area contributed by atoms with Crippen LogP contribution in [-0.4, -0.2) is 46.5 Å². The van der Waals surface area contributed by atoms with Crippen molar-refractivity contribution in [1.29, 1.82) is 0 Å². The molecule has 1 heterocycles. The largest absolute Gasteiger partial charge is 0.416 e. The zero-order valence-corrected chi connectivity index (χ0v) is 16.4. The quantitative estimate of drug-likeness (QED) is 0.833. The summed E-state index contributed by atoms with van der Waals surface area (Å²) in [5.74, 6) is 0. The summed E-state index contributed by atoms with van der Waals surface area (Å²) in [6.45, 7) is 5.54. The van der Waals surface area contributed by atoms with Crippen LogP contribution in [0.1, 0.15) is 11.1 Å². The van der Waals surface area contributed by atoms with E-state index < -0.39 is 26.7 Å². The van der Waals surface area contributed by atoms with E-state index in [2.05, 4.69) is 21.6 Å². The van der Waals surface area contributed by atoms with Gasteiger partial charge in [-0.25, -0.2) is 8.42 Å². The van der Waals surface area contributed by atoms with Crippen LogP contribution in [0.2, 0.25) is 0 Å². The molecule has 9 heteroatoms. The number of likely N-dealkylation sites (N-methyl/N-ethyl adjacent to an activating group) is 1. The zero-order valence-electron chi connectivity index (χ0n) is 15.6. The first-order valence-corrected chi connectivity index (χ1v) is 10.3. The highest BCUT2D eigenvalue weighted by Gasteiger charge is 2.31. The topological polar surface area (TPSA) is 52.7 Å². The Kier molecular flexibility index (Phi) is 5.58. The molecule has 2 aromatic rings. The van der Waals surface area contributed by atoms with Gasteiger partial charge in [-0.15, -0.1) is 0 Å². The van der Waals surface area contributed by atoms with E-state index in [9.17, 15) is 21.6 Å². The van der Waals surface area contributed by atoms with E-state index >= 15 is 0 Å². The number of sulfonamides is 1.